The van der Waals surface area contributed by atoms with E-state index in [1.54, 1.807) is 4.68 Å². The highest BCUT2D eigenvalue weighted by atomic mass is 35.5. The van der Waals surface area contributed by atoms with Crippen LogP contribution in [-0.2, 0) is 16.0 Å². The van der Waals surface area contributed by atoms with Gasteiger partial charge in [-0.1, -0.05) is 18.5 Å². The Morgan fingerprint density at radius 3 is 2.29 bits per heavy atom. The number of nitrogens with zero attached hydrogens (tertiary/aromatic N) is 2. The highest BCUT2D eigenvalue weighted by Crippen LogP contribution is 2.36. The van der Waals surface area contributed by atoms with E-state index in [-0.39, 0.29) is 28.6 Å². The summed E-state index contributed by atoms with van der Waals surface area (Å²) in [7, 11) is 0. The fourth-order valence-electron chi connectivity index (χ4n) is 3.10. The number of aryl methyl sites for hydroxylation is 1. The van der Waals surface area contributed by atoms with Gasteiger partial charge in [-0.3, -0.25) is 4.79 Å². The maximum absolute atomic E-state index is 12.2. The molecule has 1 aromatic rings. The summed E-state index contributed by atoms with van der Waals surface area (Å²) in [5.41, 5.74) is 0.112. The summed E-state index contributed by atoms with van der Waals surface area (Å²) in [6.45, 7) is 7.44. The van der Waals surface area contributed by atoms with Gasteiger partial charge >= 0.3 is 11.9 Å². The van der Waals surface area contributed by atoms with Crippen LogP contribution in [0.1, 0.15) is 75.5 Å². The maximum Gasteiger partial charge on any atom is 0.340 e. The number of ether oxygens (including phenoxy) is 1. The quantitative estimate of drug-likeness (QED) is 0.828. The lowest BCUT2D eigenvalue weighted by atomic mass is 9.86. The molecular formula is C17H25ClN2O4. The number of esters is 1. The van der Waals surface area contributed by atoms with Crippen molar-refractivity contribution in [1.82, 2.24) is 9.78 Å². The predicted octanol–water partition coefficient (Wildman–Crippen LogP) is 3.87. The van der Waals surface area contributed by atoms with Gasteiger partial charge in [0.25, 0.3) is 0 Å². The van der Waals surface area contributed by atoms with Crippen molar-refractivity contribution in [3.63, 3.8) is 0 Å². The Balaban J connectivity index is 2.08. The molecule has 7 heteroatoms. The summed E-state index contributed by atoms with van der Waals surface area (Å²) in [6.07, 6.45) is 3.36. The Bertz CT molecular complexity index is 625. The van der Waals surface area contributed by atoms with Crippen LogP contribution in [0.25, 0.3) is 0 Å². The smallest absolute Gasteiger partial charge is 0.340 e. The zero-order valence-corrected chi connectivity index (χ0v) is 15.4. The van der Waals surface area contributed by atoms with Gasteiger partial charge in [0.05, 0.1) is 17.7 Å². The molecule has 24 heavy (non-hydrogen) atoms. The first-order chi connectivity index (χ1) is 11.1. The van der Waals surface area contributed by atoms with Crippen LogP contribution in [-0.4, -0.2) is 32.4 Å². The molecule has 1 N–H and O–H groups in total. The van der Waals surface area contributed by atoms with Crippen molar-refractivity contribution in [1.29, 1.82) is 0 Å². The van der Waals surface area contributed by atoms with E-state index in [9.17, 15) is 14.7 Å². The zero-order chi connectivity index (χ0) is 18.1. The average molecular weight is 357 g/mol. The van der Waals surface area contributed by atoms with Gasteiger partial charge in [0, 0.05) is 0 Å². The molecule has 0 saturated heterocycles. The van der Waals surface area contributed by atoms with Gasteiger partial charge in [0.15, 0.2) is 0 Å². The van der Waals surface area contributed by atoms with Crippen molar-refractivity contribution in [2.75, 3.05) is 0 Å². The molecular weight excluding hydrogens is 332 g/mol. The number of rotatable bonds is 4. The van der Waals surface area contributed by atoms with Crippen molar-refractivity contribution in [3.05, 3.63) is 16.4 Å². The predicted molar refractivity (Wildman–Crippen MR) is 90.4 cm³/mol. The van der Waals surface area contributed by atoms with E-state index in [4.69, 9.17) is 16.3 Å². The molecule has 0 atom stereocenters. The van der Waals surface area contributed by atoms with Gasteiger partial charge < -0.3 is 9.84 Å². The Morgan fingerprint density at radius 2 is 1.88 bits per heavy atom. The van der Waals surface area contributed by atoms with Gasteiger partial charge in [-0.25, -0.2) is 9.48 Å². The molecule has 0 unspecified atom stereocenters. The molecule has 0 radical (unpaired) electrons. The van der Waals surface area contributed by atoms with Crippen molar-refractivity contribution in [2.24, 2.45) is 5.92 Å². The molecule has 0 aliphatic heterocycles. The molecule has 0 spiro atoms. The number of aromatic nitrogens is 2. The van der Waals surface area contributed by atoms with Crippen LogP contribution in [0.15, 0.2) is 0 Å². The first-order valence-electron chi connectivity index (χ1n) is 8.37. The molecule has 1 aromatic heterocycles. The molecule has 1 heterocycles. The monoisotopic (exact) mass is 356 g/mol. The summed E-state index contributed by atoms with van der Waals surface area (Å²) in [5.74, 6) is -1.32. The van der Waals surface area contributed by atoms with Gasteiger partial charge in [-0.05, 0) is 52.9 Å². The van der Waals surface area contributed by atoms with E-state index in [0.717, 1.165) is 12.8 Å². The summed E-state index contributed by atoms with van der Waals surface area (Å²) in [4.78, 5) is 23.5. The highest BCUT2D eigenvalue weighted by molar-refractivity contribution is 6.32. The van der Waals surface area contributed by atoms with E-state index in [2.05, 4.69) is 5.10 Å². The minimum atomic E-state index is -1.05. The molecule has 1 aliphatic rings. The molecule has 0 bridgehead atoms. The lowest BCUT2D eigenvalue weighted by Gasteiger charge is -2.30. The Morgan fingerprint density at radius 1 is 1.29 bits per heavy atom. The first kappa shape index (κ1) is 18.8. The second-order valence-corrected chi connectivity index (χ2v) is 7.61. The molecule has 0 aromatic carbocycles. The summed E-state index contributed by atoms with van der Waals surface area (Å²) < 4.78 is 7.07. The molecule has 1 fully saturated rings. The fourth-order valence-corrected chi connectivity index (χ4v) is 3.47. The third kappa shape index (κ3) is 4.09. The van der Waals surface area contributed by atoms with Crippen LogP contribution >= 0.6 is 11.6 Å². The highest BCUT2D eigenvalue weighted by Gasteiger charge is 2.33. The third-order valence-electron chi connectivity index (χ3n) is 4.26. The molecule has 0 amide bonds. The maximum atomic E-state index is 12.2. The van der Waals surface area contributed by atoms with Crippen LogP contribution < -0.4 is 0 Å². The third-order valence-corrected chi connectivity index (χ3v) is 4.62. The molecule has 1 aliphatic carbocycles. The largest absolute Gasteiger partial charge is 0.478 e. The molecule has 6 nitrogen and oxygen atoms in total. The van der Waals surface area contributed by atoms with Gasteiger partial charge in [-0.15, -0.1) is 0 Å². The van der Waals surface area contributed by atoms with Crippen LogP contribution in [0, 0.1) is 5.92 Å². The van der Waals surface area contributed by atoms with E-state index < -0.39 is 11.6 Å². The number of carbonyl (C=O) groups is 2. The van der Waals surface area contributed by atoms with E-state index >= 15 is 0 Å². The van der Waals surface area contributed by atoms with Gasteiger partial charge in [-0.2, -0.15) is 5.10 Å². The summed E-state index contributed by atoms with van der Waals surface area (Å²) in [6, 6.07) is 0.0228. The van der Waals surface area contributed by atoms with Gasteiger partial charge in [0.1, 0.15) is 16.3 Å². The number of carboxylic acid groups (broad SMARTS) is 1. The van der Waals surface area contributed by atoms with E-state index in [0.29, 0.717) is 25.0 Å². The van der Waals surface area contributed by atoms with Crippen molar-refractivity contribution in [2.45, 2.75) is 71.4 Å². The van der Waals surface area contributed by atoms with E-state index in [1.807, 2.05) is 27.7 Å². The molecule has 2 rings (SSSR count). The molecule has 1 saturated carbocycles. The fraction of sp³-hybridized carbons (Fsp3) is 0.706. The number of carboxylic acids is 1. The second-order valence-electron chi connectivity index (χ2n) is 7.25. The van der Waals surface area contributed by atoms with Crippen LogP contribution in [0.5, 0.6) is 0 Å². The normalized spacial score (nSPS) is 21.5. The van der Waals surface area contributed by atoms with Crippen molar-refractivity contribution in [3.8, 4) is 0 Å². The van der Waals surface area contributed by atoms with Crippen molar-refractivity contribution >= 4 is 23.5 Å². The minimum absolute atomic E-state index is 0.0228. The van der Waals surface area contributed by atoms with Crippen molar-refractivity contribution < 1.29 is 19.4 Å². The average Bonchev–Trinajstić information content (AvgIpc) is 2.82. The topological polar surface area (TPSA) is 81.4 Å². The van der Waals surface area contributed by atoms with E-state index in [1.165, 1.54) is 0 Å². The Hall–Kier alpha value is -1.56. The first-order valence-corrected chi connectivity index (χ1v) is 8.74. The van der Waals surface area contributed by atoms with Gasteiger partial charge in [0.2, 0.25) is 0 Å². The Labute approximate surface area is 147 Å². The lowest BCUT2D eigenvalue weighted by Crippen LogP contribution is -2.31. The van der Waals surface area contributed by atoms with Crippen LogP contribution in [0.4, 0.5) is 0 Å². The SMILES string of the molecule is CCc1nn([C@H]2CC[C@H](C(=O)OC(C)(C)C)CC2)c(Cl)c1C(=O)O. The zero-order valence-electron chi connectivity index (χ0n) is 14.6. The summed E-state index contributed by atoms with van der Waals surface area (Å²) in [5, 5.41) is 13.9. The number of hydrogen-bond donors (Lipinski definition) is 1. The summed E-state index contributed by atoms with van der Waals surface area (Å²) >= 11 is 6.25. The molecule has 134 valence electrons. The minimum Gasteiger partial charge on any atom is -0.478 e. The van der Waals surface area contributed by atoms with Crippen LogP contribution in [0.3, 0.4) is 0 Å². The second kappa shape index (κ2) is 7.13. The lowest BCUT2D eigenvalue weighted by molar-refractivity contribution is -0.161. The Kier molecular flexibility index (Phi) is 5.58. The number of hydrogen-bond acceptors (Lipinski definition) is 4. The standard InChI is InChI=1S/C17H25ClN2O4/c1-5-12-13(15(21)22)14(18)20(19-12)11-8-6-10(7-9-11)16(23)24-17(2,3)4/h10-11H,5-9H2,1-4H3,(H,21,22)/t10-,11-. The number of halogens is 1. The number of aromatic carboxylic acids is 1. The number of carbonyl (C=O) groups excluding carboxylic acids is 1. The van der Waals surface area contributed by atoms with Crippen LogP contribution in [0.2, 0.25) is 5.15 Å².